The van der Waals surface area contributed by atoms with Crippen LogP contribution >= 0.6 is 11.3 Å². The van der Waals surface area contributed by atoms with Gasteiger partial charge >= 0.3 is 5.97 Å². The summed E-state index contributed by atoms with van der Waals surface area (Å²) in [5.74, 6) is -1.17. The molecule has 2 N–H and O–H groups in total. The van der Waals surface area contributed by atoms with E-state index in [-0.39, 0.29) is 12.3 Å². The number of aromatic nitrogens is 1. The number of benzene rings is 2. The molecule has 29 heavy (non-hydrogen) atoms. The van der Waals surface area contributed by atoms with Crippen molar-refractivity contribution in [3.05, 3.63) is 70.2 Å². The van der Waals surface area contributed by atoms with Crippen LogP contribution in [0, 0.1) is 5.41 Å². The average molecular weight is 407 g/mol. The van der Waals surface area contributed by atoms with E-state index < -0.39 is 11.4 Å². The molecule has 1 aliphatic rings. The van der Waals surface area contributed by atoms with Crippen molar-refractivity contribution in [2.75, 3.05) is 0 Å². The van der Waals surface area contributed by atoms with Gasteiger partial charge in [-0.15, -0.1) is 11.3 Å². The van der Waals surface area contributed by atoms with Crippen molar-refractivity contribution in [3.63, 3.8) is 0 Å². The number of allylic oxidation sites excluding steroid dienone is 1. The van der Waals surface area contributed by atoms with Gasteiger partial charge in [0.2, 0.25) is 5.91 Å². The number of carboxylic acid groups (broad SMARTS) is 1. The Hall–Kier alpha value is -2.99. The third-order valence-corrected chi connectivity index (χ3v) is 6.40. The van der Waals surface area contributed by atoms with Gasteiger partial charge in [-0.05, 0) is 48.6 Å². The smallest absolute Gasteiger partial charge is 0.304 e. The molecule has 0 unspecified atom stereocenters. The van der Waals surface area contributed by atoms with Crippen LogP contribution < -0.4 is 5.32 Å². The summed E-state index contributed by atoms with van der Waals surface area (Å²) in [7, 11) is 0. The summed E-state index contributed by atoms with van der Waals surface area (Å²) in [6.07, 6.45) is 4.73. The maximum atomic E-state index is 13.1. The lowest BCUT2D eigenvalue weighted by atomic mass is 9.80. The molecular weight excluding hydrogens is 384 g/mol. The van der Waals surface area contributed by atoms with Crippen LogP contribution in [0.25, 0.3) is 16.3 Å². The van der Waals surface area contributed by atoms with Crippen molar-refractivity contribution in [1.29, 1.82) is 0 Å². The number of carbonyl (C=O) groups excluding carboxylic acids is 1. The van der Waals surface area contributed by atoms with Gasteiger partial charge < -0.3 is 10.4 Å². The van der Waals surface area contributed by atoms with Crippen molar-refractivity contribution in [1.82, 2.24) is 10.3 Å². The van der Waals surface area contributed by atoms with Crippen LogP contribution in [-0.2, 0) is 29.0 Å². The van der Waals surface area contributed by atoms with E-state index in [2.05, 4.69) is 10.3 Å². The predicted octanol–water partition coefficient (Wildman–Crippen LogP) is 4.21. The molecule has 148 valence electrons. The van der Waals surface area contributed by atoms with Gasteiger partial charge in [0.05, 0.1) is 28.6 Å². The van der Waals surface area contributed by atoms with Crippen molar-refractivity contribution >= 4 is 39.5 Å². The second-order valence-corrected chi connectivity index (χ2v) is 8.61. The highest BCUT2D eigenvalue weighted by Gasteiger charge is 2.45. The number of thiazole rings is 1. The highest BCUT2D eigenvalue weighted by atomic mass is 32.1. The van der Waals surface area contributed by atoms with E-state index in [0.717, 1.165) is 31.9 Å². The number of carbonyl (C=O) groups is 2. The second kappa shape index (κ2) is 7.79. The van der Waals surface area contributed by atoms with Crippen molar-refractivity contribution in [3.8, 4) is 0 Å². The first-order valence-electron chi connectivity index (χ1n) is 9.58. The van der Waals surface area contributed by atoms with E-state index in [0.29, 0.717) is 19.4 Å². The summed E-state index contributed by atoms with van der Waals surface area (Å²) in [5.41, 5.74) is 3.17. The maximum Gasteiger partial charge on any atom is 0.304 e. The molecule has 5 nitrogen and oxygen atoms in total. The first-order valence-corrected chi connectivity index (χ1v) is 10.4. The van der Waals surface area contributed by atoms with E-state index in [1.54, 1.807) is 11.3 Å². The summed E-state index contributed by atoms with van der Waals surface area (Å²) >= 11 is 1.54. The summed E-state index contributed by atoms with van der Waals surface area (Å²) in [6.45, 7) is 2.27. The Labute approximate surface area is 173 Å². The van der Waals surface area contributed by atoms with Crippen LogP contribution in [0.15, 0.2) is 48.5 Å². The minimum atomic E-state index is -0.954. The highest BCUT2D eigenvalue weighted by Crippen LogP contribution is 2.40. The standard InChI is InChI=1S/C23H22N2O3S/c1-2-5-15-8-9-19-18(10-15)25-20(29-19)14-24-22(28)23(13-21(26)27)11-16-6-3-4-7-17(16)12-23/h2-10H,11-14H2,1H3,(H,24,28)(H,26,27)/b5-2+. The van der Waals surface area contributed by atoms with Crippen molar-refractivity contribution in [2.45, 2.75) is 32.7 Å². The molecule has 1 aromatic heterocycles. The lowest BCUT2D eigenvalue weighted by molar-refractivity contribution is -0.145. The van der Waals surface area contributed by atoms with Crippen LogP contribution in [-0.4, -0.2) is 22.0 Å². The van der Waals surface area contributed by atoms with E-state index in [4.69, 9.17) is 0 Å². The van der Waals surface area contributed by atoms with Gasteiger partial charge in [-0.3, -0.25) is 9.59 Å². The van der Waals surface area contributed by atoms with Gasteiger partial charge in [0, 0.05) is 0 Å². The summed E-state index contributed by atoms with van der Waals surface area (Å²) in [6, 6.07) is 13.9. The molecule has 0 spiro atoms. The molecule has 3 aromatic rings. The molecule has 0 aliphatic heterocycles. The van der Waals surface area contributed by atoms with E-state index >= 15 is 0 Å². The number of aliphatic carboxylic acids is 1. The van der Waals surface area contributed by atoms with Crippen LogP contribution in [0.5, 0.6) is 0 Å². The Morgan fingerprint density at radius 2 is 1.93 bits per heavy atom. The van der Waals surface area contributed by atoms with E-state index in [1.165, 1.54) is 0 Å². The van der Waals surface area contributed by atoms with E-state index in [9.17, 15) is 14.7 Å². The minimum absolute atomic E-state index is 0.180. The zero-order chi connectivity index (χ0) is 20.4. The van der Waals surface area contributed by atoms with Gasteiger partial charge in [0.25, 0.3) is 0 Å². The average Bonchev–Trinajstić information content (AvgIpc) is 3.26. The molecule has 0 radical (unpaired) electrons. The number of rotatable bonds is 6. The maximum absolute atomic E-state index is 13.1. The van der Waals surface area contributed by atoms with Gasteiger partial charge in [0.1, 0.15) is 5.01 Å². The first kappa shape index (κ1) is 19.3. The SMILES string of the molecule is C/C=C/c1ccc2sc(CNC(=O)C3(CC(=O)O)Cc4ccccc4C3)nc2c1. The zero-order valence-corrected chi connectivity index (χ0v) is 17.0. The molecule has 2 aromatic carbocycles. The molecule has 0 saturated heterocycles. The van der Waals surface area contributed by atoms with Crippen molar-refractivity contribution < 1.29 is 14.7 Å². The summed E-state index contributed by atoms with van der Waals surface area (Å²) < 4.78 is 1.07. The molecule has 1 heterocycles. The molecular formula is C23H22N2O3S. The lowest BCUT2D eigenvalue weighted by Crippen LogP contribution is -2.43. The zero-order valence-electron chi connectivity index (χ0n) is 16.1. The molecule has 0 atom stereocenters. The lowest BCUT2D eigenvalue weighted by Gasteiger charge is -2.25. The highest BCUT2D eigenvalue weighted by molar-refractivity contribution is 7.18. The predicted molar refractivity (Wildman–Crippen MR) is 115 cm³/mol. The molecule has 0 bridgehead atoms. The van der Waals surface area contributed by atoms with Gasteiger partial charge in [-0.2, -0.15) is 0 Å². The molecule has 0 fully saturated rings. The van der Waals surface area contributed by atoms with E-state index in [1.807, 2.05) is 61.5 Å². The Kier molecular flexibility index (Phi) is 5.20. The van der Waals surface area contributed by atoms with Gasteiger partial charge in [-0.1, -0.05) is 42.5 Å². The number of hydrogen-bond donors (Lipinski definition) is 2. The van der Waals surface area contributed by atoms with Crippen LogP contribution in [0.4, 0.5) is 0 Å². The molecule has 1 amide bonds. The Morgan fingerprint density at radius 3 is 2.59 bits per heavy atom. The minimum Gasteiger partial charge on any atom is -0.481 e. The largest absolute Gasteiger partial charge is 0.481 e. The summed E-state index contributed by atoms with van der Waals surface area (Å²) in [4.78, 5) is 29.2. The topological polar surface area (TPSA) is 79.3 Å². The van der Waals surface area contributed by atoms with Crippen LogP contribution in [0.2, 0.25) is 0 Å². The first-order chi connectivity index (χ1) is 14.0. The number of amides is 1. The third kappa shape index (κ3) is 3.93. The number of fused-ring (bicyclic) bond motifs is 2. The van der Waals surface area contributed by atoms with Crippen LogP contribution in [0.1, 0.15) is 35.0 Å². The monoisotopic (exact) mass is 406 g/mol. The fourth-order valence-corrected chi connectivity index (χ4v) is 4.94. The molecule has 6 heteroatoms. The fourth-order valence-electron chi connectivity index (χ4n) is 4.06. The number of nitrogens with one attached hydrogen (secondary N) is 1. The fraction of sp³-hybridized carbons (Fsp3) is 0.261. The Balaban J connectivity index is 1.51. The molecule has 4 rings (SSSR count). The number of nitrogens with zero attached hydrogens (tertiary/aromatic N) is 1. The molecule has 0 saturated carbocycles. The van der Waals surface area contributed by atoms with Crippen LogP contribution in [0.3, 0.4) is 0 Å². The number of carboxylic acids is 1. The Morgan fingerprint density at radius 1 is 1.21 bits per heavy atom. The second-order valence-electron chi connectivity index (χ2n) is 7.49. The van der Waals surface area contributed by atoms with Crippen molar-refractivity contribution in [2.24, 2.45) is 5.41 Å². The normalized spacial score (nSPS) is 14.9. The van der Waals surface area contributed by atoms with Gasteiger partial charge in [-0.25, -0.2) is 4.98 Å². The quantitative estimate of drug-likeness (QED) is 0.643. The summed E-state index contributed by atoms with van der Waals surface area (Å²) in [5, 5.41) is 13.2. The Bertz CT molecular complexity index is 1090. The number of hydrogen-bond acceptors (Lipinski definition) is 4. The third-order valence-electron chi connectivity index (χ3n) is 5.36. The molecule has 1 aliphatic carbocycles. The van der Waals surface area contributed by atoms with Gasteiger partial charge in [0.15, 0.2) is 0 Å².